The number of carbonyl (C=O) groups excluding carboxylic acids is 3. The third-order valence-electron chi connectivity index (χ3n) is 7.47. The van der Waals surface area contributed by atoms with E-state index in [1.807, 2.05) is 0 Å². The van der Waals surface area contributed by atoms with Crippen LogP contribution in [0.1, 0.15) is 46.0 Å². The smallest absolute Gasteiger partial charge is 0.465 e. The molecule has 5 fully saturated rings. The number of hydrogen-bond acceptors (Lipinski definition) is 8. The Morgan fingerprint density at radius 3 is 1.91 bits per heavy atom. The zero-order valence-electron chi connectivity index (χ0n) is 19.3. The summed E-state index contributed by atoms with van der Waals surface area (Å²) in [6.45, 7) is 0.0268. The van der Waals surface area contributed by atoms with Crippen LogP contribution in [0.3, 0.4) is 0 Å². The van der Waals surface area contributed by atoms with E-state index >= 15 is 0 Å². The number of hydrogen-bond donors (Lipinski definition) is 0. The van der Waals surface area contributed by atoms with Crippen LogP contribution in [0.15, 0.2) is 0 Å². The molecule has 1 spiro atoms. The minimum Gasteiger partial charge on any atom is -0.465 e. The summed E-state index contributed by atoms with van der Waals surface area (Å²) in [7, 11) is 0. The fourth-order valence-electron chi connectivity index (χ4n) is 6.12. The molecular weight excluding hydrogens is 487 g/mol. The lowest BCUT2D eigenvalue weighted by molar-refractivity contribution is -0.397. The Balaban J connectivity index is 1.48. The Morgan fingerprint density at radius 1 is 0.886 bits per heavy atom. The molecular formula is C22H27F5O8. The van der Waals surface area contributed by atoms with Gasteiger partial charge in [-0.2, -0.15) is 22.0 Å². The fourth-order valence-corrected chi connectivity index (χ4v) is 6.12. The number of esters is 3. The third kappa shape index (κ3) is 4.98. The van der Waals surface area contributed by atoms with Gasteiger partial charge in [0, 0.05) is 25.7 Å². The van der Waals surface area contributed by atoms with Crippen LogP contribution in [-0.4, -0.2) is 67.8 Å². The highest BCUT2D eigenvalue weighted by atomic mass is 19.4. The van der Waals surface area contributed by atoms with Gasteiger partial charge in [-0.05, 0) is 38.0 Å². The first-order chi connectivity index (χ1) is 16.1. The second-order valence-electron chi connectivity index (χ2n) is 10.5. The van der Waals surface area contributed by atoms with Gasteiger partial charge in [-0.25, -0.2) is 9.59 Å². The van der Waals surface area contributed by atoms with Crippen molar-refractivity contribution in [2.45, 2.75) is 69.4 Å². The number of carbonyl (C=O) groups is 3. The fraction of sp³-hybridized carbons (Fsp3) is 0.864. The van der Waals surface area contributed by atoms with E-state index in [1.54, 1.807) is 0 Å². The monoisotopic (exact) mass is 514 g/mol. The highest BCUT2D eigenvalue weighted by Gasteiger charge is 2.67. The van der Waals surface area contributed by atoms with Gasteiger partial charge in [-0.15, -0.1) is 0 Å². The summed E-state index contributed by atoms with van der Waals surface area (Å²) in [5, 5.41) is 0. The van der Waals surface area contributed by atoms with Crippen molar-refractivity contribution in [3.05, 3.63) is 0 Å². The molecule has 8 nitrogen and oxygen atoms in total. The minimum atomic E-state index is -5.19. The van der Waals surface area contributed by atoms with Gasteiger partial charge in [-0.1, -0.05) is 0 Å². The molecule has 2 atom stereocenters. The molecule has 0 aromatic rings. The van der Waals surface area contributed by atoms with Gasteiger partial charge in [0.2, 0.25) is 0 Å². The molecule has 1 heterocycles. The maximum atomic E-state index is 13.5. The summed E-state index contributed by atoms with van der Waals surface area (Å²) in [6.07, 6.45) is -2.91. The van der Waals surface area contributed by atoms with Crippen LogP contribution < -0.4 is 0 Å². The summed E-state index contributed by atoms with van der Waals surface area (Å²) < 4.78 is 91.9. The Morgan fingerprint density at radius 2 is 1.43 bits per heavy atom. The van der Waals surface area contributed by atoms with Crippen molar-refractivity contribution in [2.75, 3.05) is 26.4 Å². The first-order valence-electron chi connectivity index (χ1n) is 11.3. The maximum absolute atomic E-state index is 13.5. The molecule has 5 aliphatic rings. The molecule has 35 heavy (non-hydrogen) atoms. The highest BCUT2D eigenvalue weighted by molar-refractivity contribution is 5.77. The number of alkyl halides is 5. The zero-order chi connectivity index (χ0) is 25.9. The number of halogens is 5. The quantitative estimate of drug-likeness (QED) is 0.303. The summed E-state index contributed by atoms with van der Waals surface area (Å²) in [4.78, 5) is 34.5. The van der Waals surface area contributed by atoms with Crippen LogP contribution in [0.4, 0.5) is 22.0 Å². The predicted molar refractivity (Wildman–Crippen MR) is 104 cm³/mol. The van der Waals surface area contributed by atoms with Crippen LogP contribution in [0.25, 0.3) is 0 Å². The molecule has 13 heteroatoms. The molecule has 4 bridgehead atoms. The Labute approximate surface area is 197 Å². The van der Waals surface area contributed by atoms with Crippen LogP contribution in [0, 0.1) is 23.2 Å². The molecule has 2 unspecified atom stereocenters. The van der Waals surface area contributed by atoms with Crippen LogP contribution in [0.5, 0.6) is 0 Å². The van der Waals surface area contributed by atoms with Crippen molar-refractivity contribution in [3.63, 3.8) is 0 Å². The first kappa shape index (κ1) is 26.1. The zero-order valence-corrected chi connectivity index (χ0v) is 19.3. The largest absolute Gasteiger partial charge is 0.490 e. The lowest BCUT2D eigenvalue weighted by atomic mass is 9.51. The SMILES string of the molecule is CC(=O)OCC1(COC(=O)C(F)(F)F)COC2(OC1)C1CC3CC2CC(OC(=O)C(C)(F)F)(C3)C1. The average molecular weight is 514 g/mol. The maximum Gasteiger partial charge on any atom is 0.490 e. The normalized spacial score (nSPS) is 38.3. The van der Waals surface area contributed by atoms with E-state index in [-0.39, 0.29) is 43.8 Å². The van der Waals surface area contributed by atoms with E-state index in [9.17, 15) is 36.3 Å². The number of ether oxygens (including phenoxy) is 5. The second-order valence-corrected chi connectivity index (χ2v) is 10.5. The van der Waals surface area contributed by atoms with Crippen molar-refractivity contribution in [2.24, 2.45) is 23.2 Å². The third-order valence-corrected chi connectivity index (χ3v) is 7.47. The van der Waals surface area contributed by atoms with Gasteiger partial charge < -0.3 is 23.7 Å². The Bertz CT molecular complexity index is 856. The molecule has 0 aromatic heterocycles. The van der Waals surface area contributed by atoms with Crippen molar-refractivity contribution >= 4 is 17.9 Å². The summed E-state index contributed by atoms with van der Waals surface area (Å²) >= 11 is 0. The second kappa shape index (κ2) is 8.53. The molecule has 1 aliphatic heterocycles. The van der Waals surface area contributed by atoms with Gasteiger partial charge in [0.15, 0.2) is 5.79 Å². The van der Waals surface area contributed by atoms with Crippen molar-refractivity contribution in [1.29, 1.82) is 0 Å². The summed E-state index contributed by atoms with van der Waals surface area (Å²) in [6, 6.07) is 0. The van der Waals surface area contributed by atoms with E-state index < -0.39 is 60.0 Å². The molecule has 1 saturated heterocycles. The van der Waals surface area contributed by atoms with Gasteiger partial charge in [0.25, 0.3) is 0 Å². The standard InChI is InChI=1S/C22H27F5O8/c1-12(28)31-8-19(9-32-17(30)22(25,26)27)10-33-21(34-11-19)14-3-13-4-15(21)7-20(5-13,6-14)35-16(29)18(2,23)24/h13-15H,3-11H2,1-2H3. The lowest BCUT2D eigenvalue weighted by Crippen LogP contribution is -2.69. The Hall–Kier alpha value is -2.02. The van der Waals surface area contributed by atoms with Gasteiger partial charge >= 0.3 is 30.0 Å². The van der Waals surface area contributed by atoms with Gasteiger partial charge in [0.05, 0.1) is 18.6 Å². The minimum absolute atomic E-state index is 0.129. The summed E-state index contributed by atoms with van der Waals surface area (Å²) in [5.41, 5.74) is -2.40. The molecule has 5 rings (SSSR count). The lowest BCUT2D eigenvalue weighted by Gasteiger charge is -2.65. The van der Waals surface area contributed by atoms with E-state index in [0.717, 1.165) is 6.92 Å². The average Bonchev–Trinajstić information content (AvgIpc) is 2.73. The van der Waals surface area contributed by atoms with Crippen LogP contribution >= 0.6 is 0 Å². The van der Waals surface area contributed by atoms with Crippen LogP contribution in [0.2, 0.25) is 0 Å². The van der Waals surface area contributed by atoms with Gasteiger partial charge in [0.1, 0.15) is 18.8 Å². The van der Waals surface area contributed by atoms with E-state index in [0.29, 0.717) is 26.2 Å². The molecule has 0 aromatic carbocycles. The number of rotatable bonds is 6. The van der Waals surface area contributed by atoms with Crippen molar-refractivity contribution in [3.8, 4) is 0 Å². The summed E-state index contributed by atoms with van der Waals surface area (Å²) in [5.74, 6) is -9.87. The highest BCUT2D eigenvalue weighted by Crippen LogP contribution is 2.63. The van der Waals surface area contributed by atoms with Gasteiger partial charge in [-0.3, -0.25) is 4.79 Å². The first-order valence-corrected chi connectivity index (χ1v) is 11.3. The van der Waals surface area contributed by atoms with Crippen molar-refractivity contribution < 1.29 is 60.0 Å². The van der Waals surface area contributed by atoms with E-state index in [4.69, 9.17) is 18.9 Å². The molecule has 4 saturated carbocycles. The van der Waals surface area contributed by atoms with E-state index in [1.165, 1.54) is 0 Å². The van der Waals surface area contributed by atoms with Crippen LogP contribution in [-0.2, 0) is 38.1 Å². The molecule has 4 aliphatic carbocycles. The molecule has 0 radical (unpaired) electrons. The topological polar surface area (TPSA) is 97.4 Å². The van der Waals surface area contributed by atoms with E-state index in [2.05, 4.69) is 4.74 Å². The molecule has 198 valence electrons. The van der Waals surface area contributed by atoms with Crippen molar-refractivity contribution in [1.82, 2.24) is 0 Å². The Kier molecular flexibility index (Phi) is 6.35. The molecule has 0 N–H and O–H groups in total. The predicted octanol–water partition coefficient (Wildman–Crippen LogP) is 3.16. The molecule has 0 amide bonds.